The molecule has 4 nitrogen and oxygen atoms in total. The summed E-state index contributed by atoms with van der Waals surface area (Å²) in [6.45, 7) is 6.61. The zero-order chi connectivity index (χ0) is 17.9. The number of likely N-dealkylation sites (N-methyl/N-ethyl adjacent to an activating group) is 1. The lowest BCUT2D eigenvalue weighted by Crippen LogP contribution is -2.27. The highest BCUT2D eigenvalue weighted by atomic mass is 127. The summed E-state index contributed by atoms with van der Waals surface area (Å²) >= 11 is 8.81. The molecule has 1 aliphatic heterocycles. The molecule has 0 radical (unpaired) electrons. The lowest BCUT2D eigenvalue weighted by atomic mass is 10.1. The molecule has 0 spiro atoms. The first-order chi connectivity index (χ1) is 11.4. The largest absolute Gasteiger partial charge is 0.493 e. The number of ether oxygens (including phenoxy) is 2. The smallest absolute Gasteiger partial charge is 0.266 e. The zero-order valence-electron chi connectivity index (χ0n) is 14.1. The lowest BCUT2D eigenvalue weighted by Gasteiger charge is -2.17. The van der Waals surface area contributed by atoms with Crippen molar-refractivity contribution in [3.05, 3.63) is 26.2 Å². The van der Waals surface area contributed by atoms with Crippen molar-refractivity contribution in [3.8, 4) is 11.5 Å². The fourth-order valence-corrected chi connectivity index (χ4v) is 4.28. The van der Waals surface area contributed by atoms with Gasteiger partial charge in [0.05, 0.1) is 21.7 Å². The first-order valence-electron chi connectivity index (χ1n) is 7.70. The maximum absolute atomic E-state index is 12.3. The summed E-state index contributed by atoms with van der Waals surface area (Å²) in [7, 11) is 1.62. The molecule has 0 aromatic heterocycles. The van der Waals surface area contributed by atoms with Crippen molar-refractivity contribution in [1.82, 2.24) is 4.90 Å². The van der Waals surface area contributed by atoms with Gasteiger partial charge in [-0.15, -0.1) is 0 Å². The fourth-order valence-electron chi connectivity index (χ4n) is 2.15. The summed E-state index contributed by atoms with van der Waals surface area (Å²) in [5, 5.41) is 0. The minimum Gasteiger partial charge on any atom is -0.493 e. The number of hydrogen-bond donors (Lipinski definition) is 0. The van der Waals surface area contributed by atoms with E-state index in [0.717, 1.165) is 21.3 Å². The second-order valence-corrected chi connectivity index (χ2v) is 8.13. The Labute approximate surface area is 166 Å². The van der Waals surface area contributed by atoms with Crippen LogP contribution in [-0.4, -0.2) is 34.9 Å². The second-order valence-electron chi connectivity index (χ2n) is 5.30. The van der Waals surface area contributed by atoms with Gasteiger partial charge in [0.1, 0.15) is 4.32 Å². The van der Waals surface area contributed by atoms with Gasteiger partial charge in [0.25, 0.3) is 5.91 Å². The van der Waals surface area contributed by atoms with Crippen molar-refractivity contribution >= 4 is 62.9 Å². The number of hydrogen-bond acceptors (Lipinski definition) is 5. The molecule has 1 fully saturated rings. The summed E-state index contributed by atoms with van der Waals surface area (Å²) in [5.74, 6) is 1.37. The number of thioether (sulfide) groups is 1. The Balaban J connectivity index is 2.36. The Hall–Kier alpha value is -0.800. The van der Waals surface area contributed by atoms with Crippen molar-refractivity contribution in [2.24, 2.45) is 0 Å². The Morgan fingerprint density at radius 1 is 1.42 bits per heavy atom. The number of halogens is 1. The van der Waals surface area contributed by atoms with E-state index in [1.807, 2.05) is 32.1 Å². The van der Waals surface area contributed by atoms with Crippen LogP contribution in [0.1, 0.15) is 32.8 Å². The Bertz CT molecular complexity index is 691. The number of rotatable bonds is 6. The molecule has 130 valence electrons. The van der Waals surface area contributed by atoms with Gasteiger partial charge < -0.3 is 9.47 Å². The van der Waals surface area contributed by atoms with Gasteiger partial charge in [0, 0.05) is 6.54 Å². The predicted octanol–water partition coefficient (Wildman–Crippen LogP) is 4.70. The van der Waals surface area contributed by atoms with Crippen LogP contribution >= 0.6 is 46.6 Å². The Kier molecular flexibility index (Phi) is 6.94. The van der Waals surface area contributed by atoms with E-state index in [1.165, 1.54) is 11.8 Å². The van der Waals surface area contributed by atoms with Crippen LogP contribution in [0.4, 0.5) is 0 Å². The van der Waals surface area contributed by atoms with Gasteiger partial charge in [-0.2, -0.15) is 0 Å². The molecule has 24 heavy (non-hydrogen) atoms. The van der Waals surface area contributed by atoms with Crippen LogP contribution in [0, 0.1) is 3.57 Å². The van der Waals surface area contributed by atoms with Crippen LogP contribution in [0.5, 0.6) is 11.5 Å². The van der Waals surface area contributed by atoms with E-state index >= 15 is 0 Å². The molecule has 1 amide bonds. The van der Waals surface area contributed by atoms with Crippen molar-refractivity contribution in [2.75, 3.05) is 13.7 Å². The van der Waals surface area contributed by atoms with E-state index < -0.39 is 0 Å². The van der Waals surface area contributed by atoms with Gasteiger partial charge in [-0.3, -0.25) is 9.69 Å². The number of carbonyl (C=O) groups is 1. The summed E-state index contributed by atoms with van der Waals surface area (Å²) in [6, 6.07) is 3.87. The minimum absolute atomic E-state index is 0.0404. The van der Waals surface area contributed by atoms with Gasteiger partial charge in [-0.05, 0) is 66.6 Å². The first-order valence-corrected chi connectivity index (χ1v) is 10.0. The molecule has 1 aromatic rings. The molecule has 0 saturated carbocycles. The maximum Gasteiger partial charge on any atom is 0.266 e. The van der Waals surface area contributed by atoms with Crippen molar-refractivity contribution < 1.29 is 14.3 Å². The molecule has 1 aliphatic rings. The molecule has 0 aliphatic carbocycles. The second kappa shape index (κ2) is 8.53. The highest BCUT2D eigenvalue weighted by Crippen LogP contribution is 2.37. The average molecular weight is 477 g/mol. The summed E-state index contributed by atoms with van der Waals surface area (Å²) in [5.41, 5.74) is 0.893. The molecule has 7 heteroatoms. The van der Waals surface area contributed by atoms with Gasteiger partial charge >= 0.3 is 0 Å². The van der Waals surface area contributed by atoms with E-state index in [0.29, 0.717) is 21.5 Å². The molecular weight excluding hydrogens is 457 g/mol. The summed E-state index contributed by atoms with van der Waals surface area (Å²) < 4.78 is 13.0. The third-order valence-corrected chi connectivity index (χ3v) is 5.81. The number of methoxy groups -OCH3 is 1. The van der Waals surface area contributed by atoms with Gasteiger partial charge in [0.2, 0.25) is 0 Å². The molecule has 1 saturated heterocycles. The summed E-state index contributed by atoms with van der Waals surface area (Å²) in [6.07, 6.45) is 2.88. The third-order valence-electron chi connectivity index (χ3n) is 3.63. The van der Waals surface area contributed by atoms with Gasteiger partial charge in [-0.25, -0.2) is 0 Å². The fraction of sp³-hybridized carbons (Fsp3) is 0.412. The number of thiocarbonyl (C=S) groups is 1. The van der Waals surface area contributed by atoms with Crippen molar-refractivity contribution in [2.45, 2.75) is 33.3 Å². The van der Waals surface area contributed by atoms with Crippen molar-refractivity contribution in [1.29, 1.82) is 0 Å². The first kappa shape index (κ1) is 19.5. The molecule has 1 aromatic carbocycles. The zero-order valence-corrected chi connectivity index (χ0v) is 17.9. The maximum atomic E-state index is 12.3. The minimum atomic E-state index is -0.0404. The number of carbonyl (C=O) groups excluding carboxylic acids is 1. The highest BCUT2D eigenvalue weighted by Gasteiger charge is 2.30. The number of benzene rings is 1. The standard InChI is InChI=1S/C17H20INO3S2/c1-5-10(3)22-15-12(18)7-11(8-13(15)21-4)9-14-16(20)19(6-2)17(23)24-14/h7-10H,5-6H2,1-4H3/b14-9-/t10-/m1/s1. The molecule has 0 N–H and O–H groups in total. The van der Waals surface area contributed by atoms with E-state index in [1.54, 1.807) is 12.0 Å². The van der Waals surface area contributed by atoms with E-state index in [4.69, 9.17) is 21.7 Å². The van der Waals surface area contributed by atoms with Crippen LogP contribution in [0.15, 0.2) is 17.0 Å². The Morgan fingerprint density at radius 2 is 2.12 bits per heavy atom. The van der Waals surface area contributed by atoms with Crippen LogP contribution in [0.2, 0.25) is 0 Å². The van der Waals surface area contributed by atoms with Crippen LogP contribution in [0.25, 0.3) is 6.08 Å². The molecule has 0 bridgehead atoms. The van der Waals surface area contributed by atoms with Crippen LogP contribution in [-0.2, 0) is 4.79 Å². The SMILES string of the molecule is CC[C@@H](C)Oc1c(I)cc(/C=C2\SC(=S)N(CC)C2=O)cc1OC. The predicted molar refractivity (Wildman–Crippen MR) is 112 cm³/mol. The molecule has 0 unspecified atom stereocenters. The molecular formula is C17H20INO3S2. The molecule has 1 atom stereocenters. The monoisotopic (exact) mass is 477 g/mol. The van der Waals surface area contributed by atoms with Gasteiger partial charge in [0.15, 0.2) is 11.5 Å². The highest BCUT2D eigenvalue weighted by molar-refractivity contribution is 14.1. The van der Waals surface area contributed by atoms with E-state index in [2.05, 4.69) is 29.5 Å². The quantitative estimate of drug-likeness (QED) is 0.338. The third kappa shape index (κ3) is 4.23. The number of amides is 1. The lowest BCUT2D eigenvalue weighted by molar-refractivity contribution is -0.121. The molecule has 2 rings (SSSR count). The van der Waals surface area contributed by atoms with E-state index in [-0.39, 0.29) is 12.0 Å². The van der Waals surface area contributed by atoms with Crippen molar-refractivity contribution in [3.63, 3.8) is 0 Å². The topological polar surface area (TPSA) is 38.8 Å². The average Bonchev–Trinajstić information content (AvgIpc) is 2.82. The van der Waals surface area contributed by atoms with Crippen LogP contribution in [0.3, 0.4) is 0 Å². The molecule has 1 heterocycles. The normalized spacial score (nSPS) is 17.5. The Morgan fingerprint density at radius 3 is 2.67 bits per heavy atom. The van der Waals surface area contributed by atoms with Crippen LogP contribution < -0.4 is 9.47 Å². The number of nitrogens with zero attached hydrogens (tertiary/aromatic N) is 1. The van der Waals surface area contributed by atoms with E-state index in [9.17, 15) is 4.79 Å². The van der Waals surface area contributed by atoms with Gasteiger partial charge in [-0.1, -0.05) is 30.9 Å². The summed E-state index contributed by atoms with van der Waals surface area (Å²) in [4.78, 5) is 14.6.